The molecule has 0 saturated carbocycles. The summed E-state index contributed by atoms with van der Waals surface area (Å²) in [6.45, 7) is 2.58. The van der Waals surface area contributed by atoms with Gasteiger partial charge in [-0.25, -0.2) is 4.79 Å². The molecule has 1 fully saturated rings. The van der Waals surface area contributed by atoms with Crippen LogP contribution in [-0.2, 0) is 0 Å². The molecule has 4 rings (SSSR count). The monoisotopic (exact) mass is 419 g/mol. The van der Waals surface area contributed by atoms with Crippen LogP contribution in [0, 0.1) is 0 Å². The van der Waals surface area contributed by atoms with E-state index in [9.17, 15) is 4.79 Å². The van der Waals surface area contributed by atoms with E-state index in [1.54, 1.807) is 37.3 Å². The van der Waals surface area contributed by atoms with Gasteiger partial charge in [0.2, 0.25) is 0 Å². The van der Waals surface area contributed by atoms with Gasteiger partial charge in [-0.15, -0.1) is 10.2 Å². The molecule has 2 aromatic carbocycles. The Balaban J connectivity index is 1.33. The van der Waals surface area contributed by atoms with Crippen LogP contribution in [0.3, 0.4) is 0 Å². The lowest BCUT2D eigenvalue weighted by molar-refractivity contribution is 0.208. The third kappa shape index (κ3) is 4.69. The zero-order chi connectivity index (χ0) is 21.6. The average Bonchev–Trinajstić information content (AvgIpc) is 2.84. The van der Waals surface area contributed by atoms with Crippen LogP contribution in [0.25, 0.3) is 11.3 Å². The highest BCUT2D eigenvalue weighted by molar-refractivity contribution is 5.90. The minimum Gasteiger partial charge on any atom is -0.493 e. The van der Waals surface area contributed by atoms with Crippen molar-refractivity contribution in [3.05, 3.63) is 60.7 Å². The predicted molar refractivity (Wildman–Crippen MR) is 120 cm³/mol. The number of carbonyl (C=O) groups is 1. The van der Waals surface area contributed by atoms with Crippen LogP contribution >= 0.6 is 0 Å². The van der Waals surface area contributed by atoms with Gasteiger partial charge in [0.25, 0.3) is 0 Å². The van der Waals surface area contributed by atoms with Gasteiger partial charge in [0.05, 0.1) is 19.9 Å². The summed E-state index contributed by atoms with van der Waals surface area (Å²) in [5, 5.41) is 11.7. The van der Waals surface area contributed by atoms with Gasteiger partial charge < -0.3 is 24.6 Å². The van der Waals surface area contributed by atoms with E-state index in [0.717, 1.165) is 17.1 Å². The summed E-state index contributed by atoms with van der Waals surface area (Å²) in [6, 6.07) is 19.1. The fourth-order valence-electron chi connectivity index (χ4n) is 3.51. The molecule has 0 radical (unpaired) electrons. The van der Waals surface area contributed by atoms with Crippen molar-refractivity contribution in [2.24, 2.45) is 0 Å². The molecule has 1 saturated heterocycles. The lowest BCUT2D eigenvalue weighted by Crippen LogP contribution is -2.50. The highest BCUT2D eigenvalue weighted by Gasteiger charge is 2.22. The van der Waals surface area contributed by atoms with Crippen molar-refractivity contribution in [3.63, 3.8) is 0 Å². The van der Waals surface area contributed by atoms with Gasteiger partial charge in [-0.05, 0) is 24.3 Å². The van der Waals surface area contributed by atoms with Crippen LogP contribution in [-0.4, -0.2) is 61.5 Å². The summed E-state index contributed by atoms with van der Waals surface area (Å²) in [4.78, 5) is 16.6. The number of amides is 2. The van der Waals surface area contributed by atoms with E-state index < -0.39 is 0 Å². The van der Waals surface area contributed by atoms with E-state index in [0.29, 0.717) is 43.4 Å². The molecule has 2 heterocycles. The zero-order valence-corrected chi connectivity index (χ0v) is 17.6. The molecule has 8 nitrogen and oxygen atoms in total. The van der Waals surface area contributed by atoms with E-state index >= 15 is 0 Å². The first-order valence-corrected chi connectivity index (χ1v) is 10.1. The number of anilines is 2. The molecule has 160 valence electrons. The molecular weight excluding hydrogens is 394 g/mol. The number of hydrogen-bond donors (Lipinski definition) is 1. The Kier molecular flexibility index (Phi) is 6.16. The molecule has 0 atom stereocenters. The van der Waals surface area contributed by atoms with Crippen molar-refractivity contribution in [2.45, 2.75) is 0 Å². The van der Waals surface area contributed by atoms with Crippen molar-refractivity contribution in [1.29, 1.82) is 0 Å². The SMILES string of the molecule is COc1ccc(NC(=O)N2CCN(c3ccc(-c4ccccc4)nn3)CC2)cc1OC. The van der Waals surface area contributed by atoms with E-state index in [-0.39, 0.29) is 6.03 Å². The quantitative estimate of drug-likeness (QED) is 0.682. The van der Waals surface area contributed by atoms with Crippen LogP contribution < -0.4 is 19.7 Å². The second-order valence-corrected chi connectivity index (χ2v) is 7.12. The number of aromatic nitrogens is 2. The van der Waals surface area contributed by atoms with Crippen molar-refractivity contribution < 1.29 is 14.3 Å². The second kappa shape index (κ2) is 9.34. The highest BCUT2D eigenvalue weighted by Crippen LogP contribution is 2.30. The van der Waals surface area contributed by atoms with Crippen LogP contribution in [0.4, 0.5) is 16.3 Å². The van der Waals surface area contributed by atoms with Crippen molar-refractivity contribution in [2.75, 3.05) is 50.6 Å². The number of hydrogen-bond acceptors (Lipinski definition) is 6. The number of methoxy groups -OCH3 is 2. The molecule has 2 amide bonds. The summed E-state index contributed by atoms with van der Waals surface area (Å²) in [7, 11) is 3.15. The molecule has 0 spiro atoms. The van der Waals surface area contributed by atoms with Crippen LogP contribution in [0.1, 0.15) is 0 Å². The summed E-state index contributed by atoms with van der Waals surface area (Å²) in [5.41, 5.74) is 2.54. The molecular formula is C23H25N5O3. The van der Waals surface area contributed by atoms with Gasteiger partial charge in [0.1, 0.15) is 0 Å². The fraction of sp³-hybridized carbons (Fsp3) is 0.261. The largest absolute Gasteiger partial charge is 0.493 e. The topological polar surface area (TPSA) is 79.8 Å². The van der Waals surface area contributed by atoms with Crippen LogP contribution in [0.5, 0.6) is 11.5 Å². The smallest absolute Gasteiger partial charge is 0.321 e. The number of urea groups is 1. The molecule has 1 aromatic heterocycles. The van der Waals surface area contributed by atoms with Gasteiger partial charge >= 0.3 is 6.03 Å². The second-order valence-electron chi connectivity index (χ2n) is 7.12. The first-order chi connectivity index (χ1) is 15.2. The van der Waals surface area contributed by atoms with Gasteiger partial charge in [-0.3, -0.25) is 0 Å². The van der Waals surface area contributed by atoms with Gasteiger partial charge in [-0.2, -0.15) is 0 Å². The average molecular weight is 419 g/mol. The lowest BCUT2D eigenvalue weighted by atomic mass is 10.1. The predicted octanol–water partition coefficient (Wildman–Crippen LogP) is 3.51. The lowest BCUT2D eigenvalue weighted by Gasteiger charge is -2.35. The van der Waals surface area contributed by atoms with E-state index in [1.807, 2.05) is 42.5 Å². The highest BCUT2D eigenvalue weighted by atomic mass is 16.5. The van der Waals surface area contributed by atoms with E-state index in [4.69, 9.17) is 9.47 Å². The Bertz CT molecular complexity index is 1020. The third-order valence-corrected chi connectivity index (χ3v) is 5.25. The number of ether oxygens (including phenoxy) is 2. The molecule has 0 unspecified atom stereocenters. The summed E-state index contributed by atoms with van der Waals surface area (Å²) < 4.78 is 10.5. The zero-order valence-electron chi connectivity index (χ0n) is 17.6. The molecule has 1 N–H and O–H groups in total. The molecule has 8 heteroatoms. The number of benzene rings is 2. The standard InChI is InChI=1S/C23H25N5O3/c1-30-20-10-8-18(16-21(20)31-2)24-23(29)28-14-12-27(13-15-28)22-11-9-19(25-26-22)17-6-4-3-5-7-17/h3-11,16H,12-15H2,1-2H3,(H,24,29). The minimum atomic E-state index is -0.141. The fourth-order valence-corrected chi connectivity index (χ4v) is 3.51. The molecule has 31 heavy (non-hydrogen) atoms. The van der Waals surface area contributed by atoms with Crippen LogP contribution in [0.2, 0.25) is 0 Å². The maximum absolute atomic E-state index is 12.7. The van der Waals surface area contributed by atoms with Gasteiger partial charge in [0, 0.05) is 43.5 Å². The first kappa shape index (κ1) is 20.5. The van der Waals surface area contributed by atoms with E-state index in [2.05, 4.69) is 20.4 Å². The first-order valence-electron chi connectivity index (χ1n) is 10.1. The van der Waals surface area contributed by atoms with Crippen molar-refractivity contribution >= 4 is 17.5 Å². The molecule has 0 aliphatic carbocycles. The third-order valence-electron chi connectivity index (χ3n) is 5.25. The Morgan fingerprint density at radius 1 is 0.871 bits per heavy atom. The van der Waals surface area contributed by atoms with Crippen LogP contribution in [0.15, 0.2) is 60.7 Å². The van der Waals surface area contributed by atoms with Gasteiger partial charge in [0.15, 0.2) is 17.3 Å². The van der Waals surface area contributed by atoms with Crippen molar-refractivity contribution in [3.8, 4) is 22.8 Å². The Hall–Kier alpha value is -3.81. The number of piperazine rings is 1. The summed E-state index contributed by atoms with van der Waals surface area (Å²) in [5.74, 6) is 2.01. The normalized spacial score (nSPS) is 13.6. The van der Waals surface area contributed by atoms with Gasteiger partial charge in [-0.1, -0.05) is 30.3 Å². The molecule has 0 bridgehead atoms. The number of nitrogens with zero attached hydrogens (tertiary/aromatic N) is 4. The number of carbonyl (C=O) groups excluding carboxylic acids is 1. The Morgan fingerprint density at radius 2 is 1.61 bits per heavy atom. The number of rotatable bonds is 5. The van der Waals surface area contributed by atoms with E-state index in [1.165, 1.54) is 0 Å². The van der Waals surface area contributed by atoms with Crippen molar-refractivity contribution in [1.82, 2.24) is 15.1 Å². The number of nitrogens with one attached hydrogen (secondary N) is 1. The summed E-state index contributed by atoms with van der Waals surface area (Å²) in [6.07, 6.45) is 0. The Labute approximate surface area is 181 Å². The minimum absolute atomic E-state index is 0.141. The molecule has 1 aliphatic rings. The summed E-state index contributed by atoms with van der Waals surface area (Å²) >= 11 is 0. The maximum atomic E-state index is 12.7. The Morgan fingerprint density at radius 3 is 2.26 bits per heavy atom. The molecule has 3 aromatic rings. The maximum Gasteiger partial charge on any atom is 0.321 e. The molecule has 1 aliphatic heterocycles.